The van der Waals surface area contributed by atoms with E-state index in [1.165, 1.54) is 0 Å². The summed E-state index contributed by atoms with van der Waals surface area (Å²) in [7, 11) is 0. The minimum atomic E-state index is 0.156. The molecule has 0 unspecified atom stereocenters. The molecule has 1 aliphatic rings. The van der Waals surface area contributed by atoms with Crippen LogP contribution in [0, 0.1) is 28.6 Å². The number of H-pyrrole nitrogens is 1. The van der Waals surface area contributed by atoms with Gasteiger partial charge in [0.25, 0.3) is 0 Å². The maximum absolute atomic E-state index is 9.16. The second kappa shape index (κ2) is 8.95. The van der Waals surface area contributed by atoms with Gasteiger partial charge in [-0.3, -0.25) is 10.1 Å². The number of nitriles is 2. The van der Waals surface area contributed by atoms with Gasteiger partial charge in [-0.25, -0.2) is 9.50 Å². The van der Waals surface area contributed by atoms with Crippen LogP contribution in [-0.4, -0.2) is 35.8 Å². The van der Waals surface area contributed by atoms with Crippen molar-refractivity contribution in [2.45, 2.75) is 51.5 Å². The third-order valence-corrected chi connectivity index (χ3v) is 6.28. The normalized spacial score (nSPS) is 18.0. The summed E-state index contributed by atoms with van der Waals surface area (Å²) in [6.07, 6.45) is 7.05. The molecule has 1 fully saturated rings. The summed E-state index contributed by atoms with van der Waals surface area (Å²) in [5, 5.41) is 33.8. The molecule has 1 saturated carbocycles. The maximum atomic E-state index is 9.16. The highest BCUT2D eigenvalue weighted by molar-refractivity contribution is 5.77. The Morgan fingerprint density at radius 1 is 1.12 bits per heavy atom. The lowest BCUT2D eigenvalue weighted by atomic mass is 9.82. The Kier molecular flexibility index (Phi) is 5.69. The molecule has 4 aromatic rings. The number of rotatable bonds is 5. The first-order chi connectivity index (χ1) is 16.6. The van der Waals surface area contributed by atoms with Gasteiger partial charge in [0, 0.05) is 29.8 Å². The lowest BCUT2D eigenvalue weighted by Crippen LogP contribution is -2.13. The van der Waals surface area contributed by atoms with E-state index in [2.05, 4.69) is 46.6 Å². The topological polar surface area (TPSA) is 131 Å². The van der Waals surface area contributed by atoms with Gasteiger partial charge in [-0.15, -0.1) is 0 Å². The lowest BCUT2D eigenvalue weighted by Gasteiger charge is -2.22. The monoisotopic (exact) mass is 451 g/mol. The molecule has 0 aromatic carbocycles. The minimum absolute atomic E-state index is 0.156. The molecule has 170 valence electrons. The fraction of sp³-hybridized carbons (Fsp3) is 0.360. The van der Waals surface area contributed by atoms with Crippen LogP contribution in [0.15, 0.2) is 36.7 Å². The van der Waals surface area contributed by atoms with E-state index >= 15 is 0 Å². The van der Waals surface area contributed by atoms with Crippen LogP contribution >= 0.6 is 0 Å². The Hall–Kier alpha value is -4.24. The molecule has 0 spiro atoms. The fourth-order valence-corrected chi connectivity index (χ4v) is 4.53. The van der Waals surface area contributed by atoms with Crippen LogP contribution in [0.1, 0.15) is 56.8 Å². The molecule has 4 aromatic heterocycles. The van der Waals surface area contributed by atoms with E-state index in [0.717, 1.165) is 59.7 Å². The molecule has 4 heterocycles. The first-order valence-electron chi connectivity index (χ1n) is 11.5. The van der Waals surface area contributed by atoms with E-state index < -0.39 is 0 Å². The fourth-order valence-electron chi connectivity index (χ4n) is 4.53. The van der Waals surface area contributed by atoms with Gasteiger partial charge in [0.05, 0.1) is 40.3 Å². The van der Waals surface area contributed by atoms with Gasteiger partial charge in [-0.1, -0.05) is 0 Å². The third-order valence-electron chi connectivity index (χ3n) is 6.28. The van der Waals surface area contributed by atoms with Crippen molar-refractivity contribution in [3.05, 3.63) is 48.0 Å². The lowest BCUT2D eigenvalue weighted by molar-refractivity contribution is 0.372. The van der Waals surface area contributed by atoms with Crippen LogP contribution in [0.3, 0.4) is 0 Å². The maximum Gasteiger partial charge on any atom is 0.184 e. The minimum Gasteiger partial charge on any atom is -0.382 e. The van der Waals surface area contributed by atoms with E-state index in [0.29, 0.717) is 17.3 Å². The number of nitrogens with one attached hydrogen (secondary N) is 2. The molecule has 0 bridgehead atoms. The number of pyridine rings is 1. The highest BCUT2D eigenvalue weighted by Crippen LogP contribution is 2.36. The molecule has 9 nitrogen and oxygen atoms in total. The zero-order valence-corrected chi connectivity index (χ0v) is 19.2. The van der Waals surface area contributed by atoms with Gasteiger partial charge in [-0.05, 0) is 63.8 Å². The number of hydrogen-bond acceptors (Lipinski definition) is 7. The zero-order valence-electron chi connectivity index (χ0n) is 19.2. The van der Waals surface area contributed by atoms with Crippen LogP contribution in [0.5, 0.6) is 0 Å². The van der Waals surface area contributed by atoms with Gasteiger partial charge in [-0.2, -0.15) is 20.7 Å². The van der Waals surface area contributed by atoms with Crippen molar-refractivity contribution in [1.29, 1.82) is 10.5 Å². The standard InChI is InChI=1S/C25H25N9/c1-15(2)30-21-10-22(23-8-7-19-9-17(12-27)13-29-34(19)23)28-14-20(21)25-31-24(32-33-25)18-5-3-16(11-26)4-6-18/h7-10,13-16,18H,3-6H2,1-2H3,(H,28,30)(H,31,32,33). The van der Waals surface area contributed by atoms with Crippen molar-refractivity contribution < 1.29 is 0 Å². The second-order valence-corrected chi connectivity index (χ2v) is 9.05. The van der Waals surface area contributed by atoms with Crippen molar-refractivity contribution in [2.75, 3.05) is 5.32 Å². The number of hydrogen-bond donors (Lipinski definition) is 2. The van der Waals surface area contributed by atoms with Crippen molar-refractivity contribution in [3.63, 3.8) is 0 Å². The van der Waals surface area contributed by atoms with Crippen LogP contribution in [-0.2, 0) is 0 Å². The molecule has 5 rings (SSSR count). The molecule has 0 aliphatic heterocycles. The molecular formula is C25H25N9. The van der Waals surface area contributed by atoms with E-state index in [4.69, 9.17) is 20.5 Å². The summed E-state index contributed by atoms with van der Waals surface area (Å²) < 4.78 is 1.78. The Labute approximate surface area is 197 Å². The van der Waals surface area contributed by atoms with Crippen molar-refractivity contribution in [2.24, 2.45) is 5.92 Å². The van der Waals surface area contributed by atoms with Gasteiger partial charge in [0.2, 0.25) is 0 Å². The van der Waals surface area contributed by atoms with E-state index in [1.807, 2.05) is 18.2 Å². The number of nitrogens with zero attached hydrogens (tertiary/aromatic N) is 7. The van der Waals surface area contributed by atoms with Crippen LogP contribution in [0.4, 0.5) is 5.69 Å². The van der Waals surface area contributed by atoms with Crippen molar-refractivity contribution in [3.8, 4) is 34.9 Å². The predicted molar refractivity (Wildman–Crippen MR) is 128 cm³/mol. The Balaban J connectivity index is 1.48. The van der Waals surface area contributed by atoms with E-state index in [-0.39, 0.29) is 12.0 Å². The van der Waals surface area contributed by atoms with Crippen molar-refractivity contribution in [1.82, 2.24) is 29.8 Å². The quantitative estimate of drug-likeness (QED) is 0.450. The molecule has 9 heteroatoms. The molecular weight excluding hydrogens is 426 g/mol. The smallest absolute Gasteiger partial charge is 0.184 e. The summed E-state index contributed by atoms with van der Waals surface area (Å²) in [4.78, 5) is 9.51. The second-order valence-electron chi connectivity index (χ2n) is 9.05. The molecule has 0 amide bonds. The third kappa shape index (κ3) is 4.08. The van der Waals surface area contributed by atoms with Crippen LogP contribution in [0.2, 0.25) is 0 Å². The van der Waals surface area contributed by atoms with Gasteiger partial charge < -0.3 is 5.32 Å². The van der Waals surface area contributed by atoms with Gasteiger partial charge in [0.15, 0.2) is 5.82 Å². The van der Waals surface area contributed by atoms with Crippen LogP contribution < -0.4 is 5.32 Å². The summed E-state index contributed by atoms with van der Waals surface area (Å²) in [6, 6.07) is 12.4. The SMILES string of the molecule is CC(C)Nc1cc(-c2ccc3cc(C#N)cnn23)ncc1-c1n[nH]c(C2CCC(C#N)CC2)n1. The summed E-state index contributed by atoms with van der Waals surface area (Å²) in [5.74, 6) is 1.94. The average Bonchev–Trinajstić information content (AvgIpc) is 3.51. The zero-order chi connectivity index (χ0) is 23.7. The number of aromatic nitrogens is 6. The molecule has 0 saturated heterocycles. The van der Waals surface area contributed by atoms with E-state index in [1.54, 1.807) is 23.0 Å². The number of fused-ring (bicyclic) bond motifs is 1. The van der Waals surface area contributed by atoms with E-state index in [9.17, 15) is 0 Å². The summed E-state index contributed by atoms with van der Waals surface area (Å²) >= 11 is 0. The van der Waals surface area contributed by atoms with Gasteiger partial charge in [0.1, 0.15) is 11.9 Å². The first kappa shape index (κ1) is 21.6. The molecule has 34 heavy (non-hydrogen) atoms. The highest BCUT2D eigenvalue weighted by atomic mass is 15.2. The van der Waals surface area contributed by atoms with Crippen LogP contribution in [0.25, 0.3) is 28.3 Å². The molecule has 0 atom stereocenters. The summed E-state index contributed by atoms with van der Waals surface area (Å²) in [5.41, 5.74) is 4.67. The number of anilines is 1. The average molecular weight is 452 g/mol. The Morgan fingerprint density at radius 2 is 1.94 bits per heavy atom. The molecule has 1 aliphatic carbocycles. The Bertz CT molecular complexity index is 1410. The summed E-state index contributed by atoms with van der Waals surface area (Å²) in [6.45, 7) is 4.16. The van der Waals surface area contributed by atoms with Gasteiger partial charge >= 0.3 is 0 Å². The molecule has 0 radical (unpaired) electrons. The largest absolute Gasteiger partial charge is 0.382 e. The Morgan fingerprint density at radius 3 is 2.68 bits per heavy atom. The predicted octanol–water partition coefficient (Wildman–Crippen LogP) is 4.67. The molecule has 2 N–H and O–H groups in total. The highest BCUT2D eigenvalue weighted by Gasteiger charge is 2.25. The van der Waals surface area contributed by atoms with Crippen molar-refractivity contribution >= 4 is 11.2 Å². The number of aromatic amines is 1. The first-order valence-corrected chi connectivity index (χ1v) is 11.5.